The summed E-state index contributed by atoms with van der Waals surface area (Å²) in [6.45, 7) is 3.14. The van der Waals surface area contributed by atoms with Gasteiger partial charge < -0.3 is 39.4 Å². The molecular formula is C17H24O8. The number of rotatable bonds is 7. The first-order valence-electron chi connectivity index (χ1n) is 7.79. The normalized spacial score (nSPS) is 29.1. The Bertz CT molecular complexity index is 563. The zero-order valence-electron chi connectivity index (χ0n) is 14.2. The molecule has 0 amide bonds. The molecule has 0 aromatic heterocycles. The van der Waals surface area contributed by atoms with E-state index >= 15 is 0 Å². The Morgan fingerprint density at radius 2 is 1.68 bits per heavy atom. The third kappa shape index (κ3) is 4.05. The Hall–Kier alpha value is -1.84. The highest BCUT2D eigenvalue weighted by molar-refractivity contribution is 5.54. The monoisotopic (exact) mass is 356 g/mol. The lowest BCUT2D eigenvalue weighted by Gasteiger charge is -2.39. The van der Waals surface area contributed by atoms with Gasteiger partial charge in [-0.25, -0.2) is 0 Å². The number of ether oxygens (including phenoxy) is 4. The van der Waals surface area contributed by atoms with E-state index < -0.39 is 37.3 Å². The second-order valence-corrected chi connectivity index (χ2v) is 5.64. The van der Waals surface area contributed by atoms with E-state index in [0.29, 0.717) is 17.9 Å². The van der Waals surface area contributed by atoms with E-state index in [1.54, 1.807) is 18.2 Å². The topological polar surface area (TPSA) is 118 Å². The van der Waals surface area contributed by atoms with Gasteiger partial charge in [-0.2, -0.15) is 0 Å². The molecule has 1 saturated heterocycles. The summed E-state index contributed by atoms with van der Waals surface area (Å²) in [4.78, 5) is 0. The number of aliphatic hydroxyl groups is 4. The lowest BCUT2D eigenvalue weighted by atomic mass is 9.99. The van der Waals surface area contributed by atoms with E-state index in [1.165, 1.54) is 14.2 Å². The number of benzene rings is 1. The van der Waals surface area contributed by atoms with Crippen molar-refractivity contribution in [3.05, 3.63) is 30.4 Å². The van der Waals surface area contributed by atoms with Crippen LogP contribution in [-0.2, 0) is 11.2 Å². The fourth-order valence-corrected chi connectivity index (χ4v) is 2.62. The van der Waals surface area contributed by atoms with Crippen LogP contribution in [0.4, 0.5) is 0 Å². The van der Waals surface area contributed by atoms with Crippen LogP contribution in [0.1, 0.15) is 5.56 Å². The van der Waals surface area contributed by atoms with Gasteiger partial charge >= 0.3 is 0 Å². The molecule has 5 atom stereocenters. The molecule has 1 aromatic rings. The zero-order chi connectivity index (χ0) is 18.6. The first kappa shape index (κ1) is 19.5. The minimum absolute atomic E-state index is 0.169. The van der Waals surface area contributed by atoms with E-state index in [0.717, 1.165) is 5.56 Å². The lowest BCUT2D eigenvalue weighted by molar-refractivity contribution is -0.277. The number of hydrogen-bond donors (Lipinski definition) is 4. The van der Waals surface area contributed by atoms with E-state index in [9.17, 15) is 20.4 Å². The second-order valence-electron chi connectivity index (χ2n) is 5.64. The summed E-state index contributed by atoms with van der Waals surface area (Å²) >= 11 is 0. The molecule has 140 valence electrons. The van der Waals surface area contributed by atoms with E-state index in [1.807, 2.05) is 0 Å². The Balaban J connectivity index is 2.33. The van der Waals surface area contributed by atoms with Gasteiger partial charge in [-0.05, 0) is 24.1 Å². The van der Waals surface area contributed by atoms with Crippen molar-refractivity contribution in [1.29, 1.82) is 0 Å². The van der Waals surface area contributed by atoms with Crippen molar-refractivity contribution in [3.63, 3.8) is 0 Å². The van der Waals surface area contributed by atoms with Gasteiger partial charge in [0.05, 0.1) is 20.8 Å². The van der Waals surface area contributed by atoms with Crippen molar-refractivity contribution < 1.29 is 39.4 Å². The van der Waals surface area contributed by atoms with E-state index in [2.05, 4.69) is 6.58 Å². The summed E-state index contributed by atoms with van der Waals surface area (Å²) in [7, 11) is 2.90. The third-order valence-corrected chi connectivity index (χ3v) is 3.98. The molecule has 1 aromatic carbocycles. The van der Waals surface area contributed by atoms with Crippen LogP contribution in [0.3, 0.4) is 0 Å². The highest BCUT2D eigenvalue weighted by Gasteiger charge is 2.45. The van der Waals surface area contributed by atoms with Crippen molar-refractivity contribution >= 4 is 0 Å². The Morgan fingerprint density at radius 1 is 1.08 bits per heavy atom. The van der Waals surface area contributed by atoms with Gasteiger partial charge in [0.2, 0.25) is 12.0 Å². The molecule has 1 aliphatic heterocycles. The molecule has 0 radical (unpaired) electrons. The second kappa shape index (κ2) is 8.50. The number of methoxy groups -OCH3 is 2. The van der Waals surface area contributed by atoms with Crippen LogP contribution >= 0.6 is 0 Å². The summed E-state index contributed by atoms with van der Waals surface area (Å²) < 4.78 is 21.6. The van der Waals surface area contributed by atoms with Gasteiger partial charge in [-0.3, -0.25) is 0 Å². The number of allylic oxidation sites excluding steroid dienone is 1. The summed E-state index contributed by atoms with van der Waals surface area (Å²) in [6, 6.07) is 3.45. The zero-order valence-corrected chi connectivity index (χ0v) is 14.2. The molecule has 8 heteroatoms. The fraction of sp³-hybridized carbons (Fsp3) is 0.529. The molecule has 25 heavy (non-hydrogen) atoms. The van der Waals surface area contributed by atoms with Crippen molar-refractivity contribution in [1.82, 2.24) is 0 Å². The van der Waals surface area contributed by atoms with Gasteiger partial charge in [-0.1, -0.05) is 6.08 Å². The third-order valence-electron chi connectivity index (χ3n) is 3.98. The molecule has 1 fully saturated rings. The number of aliphatic hydroxyl groups excluding tert-OH is 4. The maximum Gasteiger partial charge on any atom is 0.229 e. The first-order valence-corrected chi connectivity index (χ1v) is 7.79. The van der Waals surface area contributed by atoms with Crippen molar-refractivity contribution in [3.8, 4) is 17.2 Å². The standard InChI is InChI=1S/C17H24O8/c1-4-5-9-6-10(22-2)16(11(7-9)23-3)25-17-15(21)14(20)13(19)12(8-18)24-17/h4,6-7,12-15,17-21H,1,5,8H2,2-3H3/t12-,13-,14+,15-,17?/m1/s1. The molecule has 1 unspecified atom stereocenters. The average Bonchev–Trinajstić information content (AvgIpc) is 2.62. The van der Waals surface area contributed by atoms with Gasteiger partial charge in [0.1, 0.15) is 24.4 Å². The summed E-state index contributed by atoms with van der Waals surface area (Å²) in [5.41, 5.74) is 0.879. The molecule has 0 aliphatic carbocycles. The summed E-state index contributed by atoms with van der Waals surface area (Å²) in [6.07, 6.45) is -4.60. The minimum atomic E-state index is -1.53. The van der Waals surface area contributed by atoms with Crippen molar-refractivity contribution in [2.75, 3.05) is 20.8 Å². The van der Waals surface area contributed by atoms with Crippen molar-refractivity contribution in [2.45, 2.75) is 37.1 Å². The molecule has 0 spiro atoms. The maximum absolute atomic E-state index is 10.1. The highest BCUT2D eigenvalue weighted by atomic mass is 16.7. The maximum atomic E-state index is 10.1. The van der Waals surface area contributed by atoms with Gasteiger partial charge in [0, 0.05) is 0 Å². The Morgan fingerprint density at radius 3 is 2.16 bits per heavy atom. The number of hydrogen-bond acceptors (Lipinski definition) is 8. The minimum Gasteiger partial charge on any atom is -0.493 e. The molecule has 2 rings (SSSR count). The summed E-state index contributed by atoms with van der Waals surface area (Å²) in [5, 5.41) is 39.1. The van der Waals surface area contributed by atoms with Crippen LogP contribution in [0.2, 0.25) is 0 Å². The van der Waals surface area contributed by atoms with Crippen LogP contribution in [0.5, 0.6) is 17.2 Å². The molecule has 8 nitrogen and oxygen atoms in total. The molecular weight excluding hydrogens is 332 g/mol. The Kier molecular flexibility index (Phi) is 6.63. The molecule has 0 bridgehead atoms. The van der Waals surface area contributed by atoms with Gasteiger partial charge in [0.25, 0.3) is 0 Å². The van der Waals surface area contributed by atoms with Crippen LogP contribution in [0, 0.1) is 0 Å². The van der Waals surface area contributed by atoms with Crippen molar-refractivity contribution in [2.24, 2.45) is 0 Å². The van der Waals surface area contributed by atoms with Gasteiger partial charge in [0.15, 0.2) is 11.5 Å². The summed E-state index contributed by atoms with van der Waals surface area (Å²) in [5.74, 6) is 0.850. The van der Waals surface area contributed by atoms with Crippen LogP contribution in [-0.4, -0.2) is 72.0 Å². The molecule has 0 saturated carbocycles. The smallest absolute Gasteiger partial charge is 0.229 e. The molecule has 1 heterocycles. The van der Waals surface area contributed by atoms with Crippen LogP contribution in [0.15, 0.2) is 24.8 Å². The quantitative estimate of drug-likeness (QED) is 0.488. The molecule has 4 N–H and O–H groups in total. The van der Waals surface area contributed by atoms with Crippen LogP contribution in [0.25, 0.3) is 0 Å². The van der Waals surface area contributed by atoms with E-state index in [-0.39, 0.29) is 5.75 Å². The highest BCUT2D eigenvalue weighted by Crippen LogP contribution is 2.40. The van der Waals surface area contributed by atoms with Gasteiger partial charge in [-0.15, -0.1) is 6.58 Å². The largest absolute Gasteiger partial charge is 0.493 e. The molecule has 1 aliphatic rings. The predicted molar refractivity (Wildman–Crippen MR) is 87.8 cm³/mol. The first-order chi connectivity index (χ1) is 12.0. The van der Waals surface area contributed by atoms with E-state index in [4.69, 9.17) is 18.9 Å². The predicted octanol–water partition coefficient (Wildman–Crippen LogP) is -0.389. The Labute approximate surface area is 145 Å². The fourth-order valence-electron chi connectivity index (χ4n) is 2.62. The van der Waals surface area contributed by atoms with Crippen LogP contribution < -0.4 is 14.2 Å². The SMILES string of the molecule is C=CCc1cc(OC)c(OC2O[C@H](CO)[C@@H](O)[C@H](O)[C@H]2O)c(OC)c1. The lowest BCUT2D eigenvalue weighted by Crippen LogP contribution is -2.60. The average molecular weight is 356 g/mol.